The smallest absolute Gasteiger partial charge is 0.380 e. The van der Waals surface area contributed by atoms with Gasteiger partial charge in [0.1, 0.15) is 0 Å². The zero-order valence-electron chi connectivity index (χ0n) is 11.8. The Morgan fingerprint density at radius 3 is 2.23 bits per heavy atom. The molecule has 1 aromatic carbocycles. The van der Waals surface area contributed by atoms with Crippen molar-refractivity contribution < 1.29 is 23.2 Å². The molecule has 1 fully saturated rings. The third-order valence-corrected chi connectivity index (χ3v) is 4.07. The topological polar surface area (TPSA) is 66.6 Å². The fraction of sp³-hybridized carbons (Fsp3) is 0.571. The normalized spacial score (nSPS) is 19.1. The van der Waals surface area contributed by atoms with Gasteiger partial charge in [0.15, 0.2) is 5.60 Å². The van der Waals surface area contributed by atoms with Crippen LogP contribution >= 0.6 is 0 Å². The van der Waals surface area contributed by atoms with E-state index in [1.165, 1.54) is 12.1 Å². The van der Waals surface area contributed by atoms with Crippen molar-refractivity contribution in [1.82, 2.24) is 4.90 Å². The van der Waals surface area contributed by atoms with Crippen LogP contribution < -0.4 is 0 Å². The fourth-order valence-electron chi connectivity index (χ4n) is 2.50. The van der Waals surface area contributed by atoms with Crippen LogP contribution in [0.3, 0.4) is 0 Å². The van der Waals surface area contributed by atoms with Crippen molar-refractivity contribution in [3.05, 3.63) is 39.9 Å². The number of hydrogen-bond acceptors (Lipinski definition) is 4. The number of rotatable bonds is 4. The highest BCUT2D eigenvalue weighted by molar-refractivity contribution is 5.32. The summed E-state index contributed by atoms with van der Waals surface area (Å²) in [6.45, 7) is 0.928. The lowest BCUT2D eigenvalue weighted by atomic mass is 9.90. The lowest BCUT2D eigenvalue weighted by molar-refractivity contribution is -0.384. The molecule has 1 heterocycles. The van der Waals surface area contributed by atoms with E-state index >= 15 is 0 Å². The van der Waals surface area contributed by atoms with E-state index in [0.717, 1.165) is 5.56 Å². The summed E-state index contributed by atoms with van der Waals surface area (Å²) in [6, 6.07) is 6.12. The van der Waals surface area contributed by atoms with Gasteiger partial charge in [-0.25, -0.2) is 0 Å². The van der Waals surface area contributed by atoms with Gasteiger partial charge in [0, 0.05) is 31.8 Å². The van der Waals surface area contributed by atoms with Crippen molar-refractivity contribution in [2.45, 2.75) is 31.0 Å². The van der Waals surface area contributed by atoms with Gasteiger partial charge in [-0.05, 0) is 24.8 Å². The zero-order chi connectivity index (χ0) is 16.4. The minimum absolute atomic E-state index is 0.0111. The Morgan fingerprint density at radius 2 is 1.77 bits per heavy atom. The molecule has 0 unspecified atom stereocenters. The van der Waals surface area contributed by atoms with E-state index in [4.69, 9.17) is 0 Å². The highest BCUT2D eigenvalue weighted by Gasteiger charge is 2.54. The van der Waals surface area contributed by atoms with Crippen LogP contribution in [0.15, 0.2) is 24.3 Å². The summed E-state index contributed by atoms with van der Waals surface area (Å²) in [4.78, 5) is 11.9. The van der Waals surface area contributed by atoms with Gasteiger partial charge in [0.25, 0.3) is 5.69 Å². The molecule has 0 spiro atoms. The molecule has 122 valence electrons. The summed E-state index contributed by atoms with van der Waals surface area (Å²) in [5.41, 5.74) is -1.67. The van der Waals surface area contributed by atoms with Crippen molar-refractivity contribution in [3.8, 4) is 0 Å². The molecule has 0 bridgehead atoms. The van der Waals surface area contributed by atoms with Crippen LogP contribution in [0, 0.1) is 10.1 Å². The van der Waals surface area contributed by atoms with Crippen molar-refractivity contribution in [2.75, 3.05) is 19.6 Å². The average molecular weight is 318 g/mol. The maximum atomic E-state index is 12.7. The van der Waals surface area contributed by atoms with E-state index in [0.29, 0.717) is 13.0 Å². The van der Waals surface area contributed by atoms with Crippen LogP contribution in [0.4, 0.5) is 18.9 Å². The SMILES string of the molecule is O=[N+]([O-])c1ccc(CCN2CCC(O)(C(F)(F)F)CC2)cc1. The van der Waals surface area contributed by atoms with E-state index in [-0.39, 0.29) is 31.6 Å². The Morgan fingerprint density at radius 1 is 1.23 bits per heavy atom. The molecule has 0 amide bonds. The number of benzene rings is 1. The van der Waals surface area contributed by atoms with E-state index in [1.807, 2.05) is 4.90 Å². The molecule has 1 aromatic rings. The summed E-state index contributed by atoms with van der Waals surface area (Å²) in [5.74, 6) is 0. The summed E-state index contributed by atoms with van der Waals surface area (Å²) < 4.78 is 38.0. The monoisotopic (exact) mass is 318 g/mol. The molecule has 5 nitrogen and oxygen atoms in total. The maximum Gasteiger partial charge on any atom is 0.417 e. The number of halogens is 3. The summed E-state index contributed by atoms with van der Waals surface area (Å²) in [5, 5.41) is 20.1. The lowest BCUT2D eigenvalue weighted by Crippen LogP contribution is -2.53. The molecule has 0 atom stereocenters. The van der Waals surface area contributed by atoms with Crippen LogP contribution in [0.25, 0.3) is 0 Å². The third kappa shape index (κ3) is 3.75. The first-order chi connectivity index (χ1) is 10.2. The third-order valence-electron chi connectivity index (χ3n) is 4.07. The van der Waals surface area contributed by atoms with E-state index in [2.05, 4.69) is 0 Å². The van der Waals surface area contributed by atoms with Crippen LogP contribution in [-0.4, -0.2) is 46.3 Å². The molecule has 1 aliphatic heterocycles. The van der Waals surface area contributed by atoms with Gasteiger partial charge in [0.2, 0.25) is 0 Å². The number of nitro groups is 1. The molecule has 0 aromatic heterocycles. The van der Waals surface area contributed by atoms with Crippen molar-refractivity contribution in [2.24, 2.45) is 0 Å². The molecular weight excluding hydrogens is 301 g/mol. The molecule has 0 saturated carbocycles. The van der Waals surface area contributed by atoms with Gasteiger partial charge >= 0.3 is 6.18 Å². The number of piperidine rings is 1. The predicted molar refractivity (Wildman–Crippen MR) is 73.5 cm³/mol. The van der Waals surface area contributed by atoms with Crippen LogP contribution in [-0.2, 0) is 6.42 Å². The molecule has 0 radical (unpaired) electrons. The van der Waals surface area contributed by atoms with Crippen molar-refractivity contribution in [1.29, 1.82) is 0 Å². The van der Waals surface area contributed by atoms with Crippen molar-refractivity contribution >= 4 is 5.69 Å². The minimum atomic E-state index is -4.59. The second-order valence-corrected chi connectivity index (χ2v) is 5.54. The number of nitrogens with zero attached hydrogens (tertiary/aromatic N) is 2. The van der Waals surface area contributed by atoms with E-state index in [1.54, 1.807) is 12.1 Å². The molecule has 2 rings (SSSR count). The number of aliphatic hydroxyl groups is 1. The largest absolute Gasteiger partial charge is 0.417 e. The number of nitro benzene ring substituents is 1. The minimum Gasteiger partial charge on any atom is -0.380 e. The molecule has 8 heteroatoms. The summed E-state index contributed by atoms with van der Waals surface area (Å²) in [7, 11) is 0. The number of likely N-dealkylation sites (tertiary alicyclic amines) is 1. The first kappa shape index (κ1) is 16.7. The Hall–Kier alpha value is -1.67. The summed E-state index contributed by atoms with van der Waals surface area (Å²) in [6.07, 6.45) is -4.63. The zero-order valence-corrected chi connectivity index (χ0v) is 11.8. The molecule has 1 aliphatic rings. The van der Waals surface area contributed by atoms with Gasteiger partial charge in [-0.3, -0.25) is 10.1 Å². The maximum absolute atomic E-state index is 12.7. The van der Waals surface area contributed by atoms with Crippen LogP contribution in [0.1, 0.15) is 18.4 Å². The Bertz CT molecular complexity index is 523. The van der Waals surface area contributed by atoms with Gasteiger partial charge < -0.3 is 10.0 Å². The van der Waals surface area contributed by atoms with Gasteiger partial charge in [-0.1, -0.05) is 12.1 Å². The first-order valence-electron chi connectivity index (χ1n) is 6.96. The fourth-order valence-corrected chi connectivity index (χ4v) is 2.50. The standard InChI is InChI=1S/C14H17F3N2O3/c15-14(16,17)13(20)6-9-18(10-7-13)8-5-11-1-3-12(4-2-11)19(21)22/h1-4,20H,5-10H2. The van der Waals surface area contributed by atoms with E-state index < -0.39 is 16.7 Å². The predicted octanol–water partition coefficient (Wildman–Crippen LogP) is 2.53. The summed E-state index contributed by atoms with van der Waals surface area (Å²) >= 11 is 0. The second-order valence-electron chi connectivity index (χ2n) is 5.54. The van der Waals surface area contributed by atoms with Gasteiger partial charge in [-0.15, -0.1) is 0 Å². The van der Waals surface area contributed by atoms with E-state index in [9.17, 15) is 28.4 Å². The Kier molecular flexibility index (Phi) is 4.72. The second kappa shape index (κ2) is 6.21. The molecule has 0 aliphatic carbocycles. The molecule has 1 N–H and O–H groups in total. The quantitative estimate of drug-likeness (QED) is 0.684. The Balaban J connectivity index is 1.83. The Labute approximate surface area is 125 Å². The molecular formula is C14H17F3N2O3. The average Bonchev–Trinajstić information content (AvgIpc) is 2.46. The first-order valence-corrected chi connectivity index (χ1v) is 6.96. The molecule has 1 saturated heterocycles. The van der Waals surface area contributed by atoms with Crippen molar-refractivity contribution in [3.63, 3.8) is 0 Å². The lowest BCUT2D eigenvalue weighted by Gasteiger charge is -2.39. The van der Waals surface area contributed by atoms with Gasteiger partial charge in [-0.2, -0.15) is 13.2 Å². The number of hydrogen-bond donors (Lipinski definition) is 1. The number of non-ortho nitro benzene ring substituents is 1. The molecule has 22 heavy (non-hydrogen) atoms. The highest BCUT2D eigenvalue weighted by Crippen LogP contribution is 2.38. The highest BCUT2D eigenvalue weighted by atomic mass is 19.4. The van der Waals surface area contributed by atoms with Crippen LogP contribution in [0.5, 0.6) is 0 Å². The van der Waals surface area contributed by atoms with Crippen LogP contribution in [0.2, 0.25) is 0 Å². The van der Waals surface area contributed by atoms with Gasteiger partial charge in [0.05, 0.1) is 4.92 Å². The number of alkyl halides is 3.